The van der Waals surface area contributed by atoms with Gasteiger partial charge in [0, 0.05) is 12.5 Å². The molecule has 10 heteroatoms. The summed E-state index contributed by atoms with van der Waals surface area (Å²) in [5, 5.41) is 31.6. The molecular weight excluding hydrogens is 406 g/mol. The molecule has 0 aliphatic heterocycles. The fraction of sp³-hybridized carbons (Fsp3) is 0.762. The standard InChI is InChI=1S/C21H33N3O7/c1-12-16(24(28)29)19(23-13(2)22-12)31-18-15(8-10-30-20(27)21(3,4)5)11-14(17(18)26)7-6-9-25/h14-15,17-18,25-26H,6-11H2,1-5H3/t14-,15-,17-,18+/m0/s1. The second-order valence-electron chi connectivity index (χ2n) is 9.14. The van der Waals surface area contributed by atoms with Gasteiger partial charge < -0.3 is 19.7 Å². The molecule has 1 aliphatic carbocycles. The van der Waals surface area contributed by atoms with Gasteiger partial charge in [0.2, 0.25) is 0 Å². The number of carbonyl (C=O) groups excluding carboxylic acids is 1. The topological polar surface area (TPSA) is 145 Å². The Labute approximate surface area is 182 Å². The Kier molecular flexibility index (Phi) is 8.30. The zero-order valence-corrected chi connectivity index (χ0v) is 18.8. The summed E-state index contributed by atoms with van der Waals surface area (Å²) in [6, 6.07) is 0. The van der Waals surface area contributed by atoms with Gasteiger partial charge in [-0.1, -0.05) is 0 Å². The number of aryl methyl sites for hydroxylation is 2. The molecule has 1 heterocycles. The van der Waals surface area contributed by atoms with Crippen molar-refractivity contribution in [2.75, 3.05) is 13.2 Å². The lowest BCUT2D eigenvalue weighted by molar-refractivity contribution is -0.387. The summed E-state index contributed by atoms with van der Waals surface area (Å²) in [4.78, 5) is 31.1. The van der Waals surface area contributed by atoms with Crippen LogP contribution in [0, 0.1) is 41.2 Å². The third-order valence-electron chi connectivity index (χ3n) is 5.53. The lowest BCUT2D eigenvalue weighted by Crippen LogP contribution is -2.35. The van der Waals surface area contributed by atoms with Gasteiger partial charge in [-0.3, -0.25) is 14.9 Å². The SMILES string of the molecule is Cc1nc(C)c([N+](=O)[O-])c(O[C@@H]2[C@@H](CCOC(=O)C(C)(C)C)C[C@H](CCCO)[C@@H]2O)n1. The van der Waals surface area contributed by atoms with Crippen LogP contribution in [-0.2, 0) is 9.53 Å². The van der Waals surface area contributed by atoms with Gasteiger partial charge in [-0.15, -0.1) is 0 Å². The molecule has 0 aromatic carbocycles. The van der Waals surface area contributed by atoms with Crippen molar-refractivity contribution < 1.29 is 29.4 Å². The Bertz CT molecular complexity index is 794. The molecule has 174 valence electrons. The molecule has 10 nitrogen and oxygen atoms in total. The van der Waals surface area contributed by atoms with E-state index in [1.807, 2.05) is 0 Å². The molecule has 1 aromatic rings. The number of aromatic nitrogens is 2. The molecule has 0 saturated heterocycles. The van der Waals surface area contributed by atoms with Gasteiger partial charge in [0.25, 0.3) is 5.88 Å². The second-order valence-corrected chi connectivity index (χ2v) is 9.14. The van der Waals surface area contributed by atoms with Crippen molar-refractivity contribution in [1.82, 2.24) is 9.97 Å². The Balaban J connectivity index is 2.22. The van der Waals surface area contributed by atoms with E-state index in [9.17, 15) is 20.0 Å². The zero-order valence-electron chi connectivity index (χ0n) is 18.8. The maximum atomic E-state index is 12.1. The molecule has 0 amide bonds. The Morgan fingerprint density at radius 2 is 1.90 bits per heavy atom. The van der Waals surface area contributed by atoms with Crippen LogP contribution in [0.5, 0.6) is 5.88 Å². The van der Waals surface area contributed by atoms with Crippen LogP contribution in [0.2, 0.25) is 0 Å². The first-order chi connectivity index (χ1) is 14.5. The predicted octanol–water partition coefficient (Wildman–Crippen LogP) is 2.50. The summed E-state index contributed by atoms with van der Waals surface area (Å²) in [5.41, 5.74) is -0.757. The number of esters is 1. The van der Waals surface area contributed by atoms with Gasteiger partial charge in [0.05, 0.1) is 23.0 Å². The van der Waals surface area contributed by atoms with E-state index < -0.39 is 22.5 Å². The van der Waals surface area contributed by atoms with Crippen LogP contribution in [0.25, 0.3) is 0 Å². The molecule has 0 spiro atoms. The minimum absolute atomic E-state index is 0.0123. The first-order valence-electron chi connectivity index (χ1n) is 10.6. The van der Waals surface area contributed by atoms with Gasteiger partial charge in [-0.05, 0) is 66.2 Å². The van der Waals surface area contributed by atoms with E-state index in [0.29, 0.717) is 31.5 Å². The third-order valence-corrected chi connectivity index (χ3v) is 5.53. The van der Waals surface area contributed by atoms with Gasteiger partial charge in [0.1, 0.15) is 17.6 Å². The van der Waals surface area contributed by atoms with Gasteiger partial charge in [-0.2, -0.15) is 4.98 Å². The molecule has 31 heavy (non-hydrogen) atoms. The normalized spacial score (nSPS) is 23.6. The molecular formula is C21H33N3O7. The van der Waals surface area contributed by atoms with Crippen LogP contribution in [0.3, 0.4) is 0 Å². The lowest BCUT2D eigenvalue weighted by atomic mass is 9.97. The number of nitro groups is 1. The largest absolute Gasteiger partial charge is 0.466 e. The highest BCUT2D eigenvalue weighted by molar-refractivity contribution is 5.75. The van der Waals surface area contributed by atoms with Crippen molar-refractivity contribution >= 4 is 11.7 Å². The maximum absolute atomic E-state index is 12.1. The van der Waals surface area contributed by atoms with E-state index in [4.69, 9.17) is 14.6 Å². The van der Waals surface area contributed by atoms with Crippen molar-refractivity contribution in [1.29, 1.82) is 0 Å². The van der Waals surface area contributed by atoms with E-state index in [1.54, 1.807) is 27.7 Å². The number of carbonyl (C=O) groups is 1. The van der Waals surface area contributed by atoms with Gasteiger partial charge in [-0.25, -0.2) is 4.98 Å². The van der Waals surface area contributed by atoms with E-state index in [-0.39, 0.29) is 48.3 Å². The Morgan fingerprint density at radius 1 is 1.23 bits per heavy atom. The maximum Gasteiger partial charge on any atom is 0.351 e. The molecule has 1 saturated carbocycles. The smallest absolute Gasteiger partial charge is 0.351 e. The van der Waals surface area contributed by atoms with Gasteiger partial charge >= 0.3 is 11.7 Å². The first-order valence-corrected chi connectivity index (χ1v) is 10.6. The third kappa shape index (κ3) is 6.33. The Morgan fingerprint density at radius 3 is 2.48 bits per heavy atom. The number of hydrogen-bond donors (Lipinski definition) is 2. The number of hydrogen-bond acceptors (Lipinski definition) is 9. The van der Waals surface area contributed by atoms with Crippen molar-refractivity contribution in [2.45, 2.75) is 72.5 Å². The van der Waals surface area contributed by atoms with Crippen molar-refractivity contribution in [3.05, 3.63) is 21.6 Å². The van der Waals surface area contributed by atoms with Crippen molar-refractivity contribution in [3.63, 3.8) is 0 Å². The molecule has 2 N–H and O–H groups in total. The lowest BCUT2D eigenvalue weighted by Gasteiger charge is -2.24. The highest BCUT2D eigenvalue weighted by Gasteiger charge is 2.45. The molecule has 1 aromatic heterocycles. The van der Waals surface area contributed by atoms with Crippen LogP contribution >= 0.6 is 0 Å². The van der Waals surface area contributed by atoms with Crippen LogP contribution in [0.15, 0.2) is 0 Å². The van der Waals surface area contributed by atoms with Gasteiger partial charge in [0.15, 0.2) is 0 Å². The minimum atomic E-state index is -0.884. The molecule has 0 unspecified atom stereocenters. The summed E-state index contributed by atoms with van der Waals surface area (Å²) in [7, 11) is 0. The number of ether oxygens (including phenoxy) is 2. The summed E-state index contributed by atoms with van der Waals surface area (Å²) < 4.78 is 11.3. The van der Waals surface area contributed by atoms with Crippen LogP contribution in [-0.4, -0.2) is 56.5 Å². The van der Waals surface area contributed by atoms with E-state index in [1.165, 1.54) is 6.92 Å². The van der Waals surface area contributed by atoms with Crippen LogP contribution in [0.4, 0.5) is 5.69 Å². The fourth-order valence-corrected chi connectivity index (χ4v) is 3.92. The van der Waals surface area contributed by atoms with Crippen molar-refractivity contribution in [2.24, 2.45) is 17.3 Å². The summed E-state index contributed by atoms with van der Waals surface area (Å²) in [6.07, 6.45) is 0.534. The summed E-state index contributed by atoms with van der Waals surface area (Å²) in [5.74, 6) is -0.486. The Hall–Kier alpha value is -2.33. The van der Waals surface area contributed by atoms with Crippen molar-refractivity contribution in [3.8, 4) is 5.88 Å². The average Bonchev–Trinajstić information content (AvgIpc) is 2.93. The number of aliphatic hydroxyl groups excluding tert-OH is 2. The van der Waals surface area contributed by atoms with E-state index in [0.717, 1.165) is 0 Å². The van der Waals surface area contributed by atoms with Crippen LogP contribution in [0.1, 0.15) is 58.0 Å². The molecule has 4 atom stereocenters. The minimum Gasteiger partial charge on any atom is -0.466 e. The second kappa shape index (κ2) is 10.3. The fourth-order valence-electron chi connectivity index (χ4n) is 3.92. The highest BCUT2D eigenvalue weighted by atomic mass is 16.6. The zero-order chi connectivity index (χ0) is 23.3. The molecule has 1 fully saturated rings. The summed E-state index contributed by atoms with van der Waals surface area (Å²) >= 11 is 0. The number of aliphatic hydroxyl groups is 2. The van der Waals surface area contributed by atoms with E-state index in [2.05, 4.69) is 9.97 Å². The average molecular weight is 440 g/mol. The van der Waals surface area contributed by atoms with Crippen LogP contribution < -0.4 is 4.74 Å². The molecule has 2 rings (SSSR count). The number of nitrogens with zero attached hydrogens (tertiary/aromatic N) is 3. The quantitative estimate of drug-likeness (QED) is 0.337. The molecule has 0 radical (unpaired) electrons. The first kappa shape index (κ1) is 24.9. The van der Waals surface area contributed by atoms with E-state index >= 15 is 0 Å². The molecule has 0 bridgehead atoms. The monoisotopic (exact) mass is 439 g/mol. The summed E-state index contributed by atoms with van der Waals surface area (Å²) in [6.45, 7) is 8.60. The molecule has 1 aliphatic rings. The highest BCUT2D eigenvalue weighted by Crippen LogP contribution is 2.40. The number of rotatable bonds is 9. The predicted molar refractivity (Wildman–Crippen MR) is 112 cm³/mol.